The van der Waals surface area contributed by atoms with E-state index in [-0.39, 0.29) is 0 Å². The Labute approximate surface area is 343 Å². The van der Waals surface area contributed by atoms with Gasteiger partial charge in [-0.2, -0.15) is 0 Å². The Bertz CT molecular complexity index is 1060. The van der Waals surface area contributed by atoms with Crippen molar-refractivity contribution < 1.29 is 61.6 Å². The number of aryl methyl sites for hydroxylation is 1. The average molecular weight is 811 g/mol. The Kier molecular flexibility index (Phi) is 37.2. The summed E-state index contributed by atoms with van der Waals surface area (Å²) in [4.78, 5) is 0. The fraction of sp³-hybridized carbons (Fsp3) is 0.727. The summed E-state index contributed by atoms with van der Waals surface area (Å²) in [6, 6.07) is 18.1. The maximum absolute atomic E-state index is 5.78. The van der Waals surface area contributed by atoms with Crippen LogP contribution >= 0.6 is 0 Å². The van der Waals surface area contributed by atoms with E-state index in [1.807, 2.05) is 30.3 Å². The van der Waals surface area contributed by atoms with Gasteiger partial charge in [-0.25, -0.2) is 0 Å². The van der Waals surface area contributed by atoms with Crippen LogP contribution in [0.15, 0.2) is 54.6 Å². The van der Waals surface area contributed by atoms with Gasteiger partial charge in [-0.3, -0.25) is 0 Å². The monoisotopic (exact) mass is 811 g/mol. The molecule has 0 saturated heterocycles. The summed E-state index contributed by atoms with van der Waals surface area (Å²) in [6.45, 7) is 14.6. The Balaban J connectivity index is 1.15. The molecule has 0 unspecified atom stereocenters. The van der Waals surface area contributed by atoms with E-state index >= 15 is 0 Å². The lowest BCUT2D eigenvalue weighted by Crippen LogP contribution is -2.15. The Morgan fingerprint density at radius 1 is 0.281 bits per heavy atom. The number of hydrogen-bond acceptors (Lipinski definition) is 13. The molecule has 0 atom stereocenters. The molecule has 13 heteroatoms. The zero-order chi connectivity index (χ0) is 40.2. The number of ether oxygens (including phenoxy) is 13. The summed E-state index contributed by atoms with van der Waals surface area (Å²) in [6.07, 6.45) is 9.08. The van der Waals surface area contributed by atoms with Crippen LogP contribution in [0.3, 0.4) is 0 Å². The largest absolute Gasteiger partial charge is 0.491 e. The van der Waals surface area contributed by atoms with Crippen molar-refractivity contribution >= 4 is 0 Å². The second-order valence-corrected chi connectivity index (χ2v) is 12.9. The molecule has 0 saturated carbocycles. The first-order valence-electron chi connectivity index (χ1n) is 21.1. The highest BCUT2D eigenvalue weighted by Crippen LogP contribution is 2.15. The van der Waals surface area contributed by atoms with Crippen LogP contribution < -0.4 is 9.47 Å². The van der Waals surface area contributed by atoms with E-state index in [1.54, 1.807) is 0 Å². The Morgan fingerprint density at radius 2 is 0.561 bits per heavy atom. The smallest absolute Gasteiger partial charge is 0.119 e. The maximum Gasteiger partial charge on any atom is 0.119 e. The highest BCUT2D eigenvalue weighted by atomic mass is 16.6. The van der Waals surface area contributed by atoms with Crippen molar-refractivity contribution in [2.45, 2.75) is 51.9 Å². The number of unbranched alkanes of at least 4 members (excludes halogenated alkanes) is 5. The molecule has 0 amide bonds. The lowest BCUT2D eigenvalue weighted by molar-refractivity contribution is -0.0279. The molecule has 0 radical (unpaired) electrons. The van der Waals surface area contributed by atoms with Gasteiger partial charge in [-0.1, -0.05) is 69.4 Å². The third-order valence-corrected chi connectivity index (χ3v) is 8.20. The first-order valence-corrected chi connectivity index (χ1v) is 21.1. The van der Waals surface area contributed by atoms with Gasteiger partial charge in [0.05, 0.1) is 145 Å². The van der Waals surface area contributed by atoms with Crippen LogP contribution in [0.1, 0.15) is 51.0 Å². The lowest BCUT2D eigenvalue weighted by atomic mass is 10.0. The van der Waals surface area contributed by atoms with Gasteiger partial charge in [0.1, 0.15) is 24.7 Å². The molecule has 13 nitrogen and oxygen atoms in total. The highest BCUT2D eigenvalue weighted by molar-refractivity contribution is 5.27. The number of hydrogen-bond donors (Lipinski definition) is 0. The molecular weight excluding hydrogens is 736 g/mol. The SMILES string of the molecule is CCCCCCCCc1ccc(OCCOCCOCCOCCOCCOCCOCCOCCOCCOCCOCCOCCOc2ccccc2)cc1. The molecule has 2 aromatic carbocycles. The van der Waals surface area contributed by atoms with Crippen molar-refractivity contribution in [1.82, 2.24) is 0 Å². The minimum absolute atomic E-state index is 0.507. The lowest BCUT2D eigenvalue weighted by Gasteiger charge is -2.09. The van der Waals surface area contributed by atoms with Gasteiger partial charge < -0.3 is 61.6 Å². The molecule has 0 aliphatic rings. The molecule has 0 N–H and O–H groups in total. The van der Waals surface area contributed by atoms with E-state index in [1.165, 1.54) is 44.1 Å². The summed E-state index contributed by atoms with van der Waals surface area (Å²) >= 11 is 0. The quantitative estimate of drug-likeness (QED) is 0.0704. The van der Waals surface area contributed by atoms with E-state index in [0.717, 1.165) is 17.9 Å². The maximum atomic E-state index is 5.78. The van der Waals surface area contributed by atoms with Crippen LogP contribution in [0.25, 0.3) is 0 Å². The highest BCUT2D eigenvalue weighted by Gasteiger charge is 2.00. The minimum atomic E-state index is 0.507. The van der Waals surface area contributed by atoms with Crippen LogP contribution in [0, 0.1) is 0 Å². The van der Waals surface area contributed by atoms with Crippen molar-refractivity contribution in [3.8, 4) is 11.5 Å². The predicted molar refractivity (Wildman–Crippen MR) is 220 cm³/mol. The zero-order valence-electron chi connectivity index (χ0n) is 34.9. The van der Waals surface area contributed by atoms with Gasteiger partial charge in [0.25, 0.3) is 0 Å². The van der Waals surface area contributed by atoms with Crippen LogP contribution in [0.4, 0.5) is 0 Å². The van der Waals surface area contributed by atoms with E-state index in [4.69, 9.17) is 61.6 Å². The topological polar surface area (TPSA) is 120 Å². The summed E-state index contributed by atoms with van der Waals surface area (Å²) in [7, 11) is 0. The predicted octanol–water partition coefficient (Wildman–Crippen LogP) is 6.23. The van der Waals surface area contributed by atoms with Crippen LogP contribution in [-0.4, -0.2) is 159 Å². The van der Waals surface area contributed by atoms with Crippen molar-refractivity contribution in [1.29, 1.82) is 0 Å². The van der Waals surface area contributed by atoms with Crippen LogP contribution in [0.5, 0.6) is 11.5 Å². The van der Waals surface area contributed by atoms with E-state index in [9.17, 15) is 0 Å². The second-order valence-electron chi connectivity index (χ2n) is 12.9. The van der Waals surface area contributed by atoms with Crippen molar-refractivity contribution in [3.63, 3.8) is 0 Å². The van der Waals surface area contributed by atoms with Gasteiger partial charge in [0.15, 0.2) is 0 Å². The van der Waals surface area contributed by atoms with Gasteiger partial charge in [-0.15, -0.1) is 0 Å². The van der Waals surface area contributed by atoms with E-state index in [2.05, 4.69) is 31.2 Å². The third-order valence-electron chi connectivity index (χ3n) is 8.20. The molecule has 0 fully saturated rings. The molecule has 57 heavy (non-hydrogen) atoms. The molecule has 0 aliphatic carbocycles. The molecule has 2 aromatic rings. The molecule has 0 heterocycles. The molecule has 0 aliphatic heterocycles. The zero-order valence-corrected chi connectivity index (χ0v) is 34.9. The normalized spacial score (nSPS) is 11.4. The number of rotatable bonds is 45. The fourth-order valence-corrected chi connectivity index (χ4v) is 5.12. The molecular formula is C44H74O13. The summed E-state index contributed by atoms with van der Waals surface area (Å²) in [5.74, 6) is 1.73. The van der Waals surface area contributed by atoms with Crippen molar-refractivity contribution in [3.05, 3.63) is 60.2 Å². The number of benzene rings is 2. The van der Waals surface area contributed by atoms with Gasteiger partial charge >= 0.3 is 0 Å². The standard InChI is InChI=1S/C44H74O13/c1-2-3-4-5-6-8-11-42-14-16-44(17-15-42)57-41-39-55-37-35-53-33-31-51-29-27-49-25-23-47-21-19-45-18-20-46-22-24-48-26-28-50-30-32-52-34-36-54-38-40-56-43-12-9-7-10-13-43/h7,9-10,12-17H,2-6,8,11,18-41H2,1H3. The Morgan fingerprint density at radius 3 is 0.895 bits per heavy atom. The van der Waals surface area contributed by atoms with Crippen LogP contribution in [-0.2, 0) is 58.5 Å². The molecule has 2 rings (SSSR count). The first kappa shape index (κ1) is 50.7. The second kappa shape index (κ2) is 41.7. The minimum Gasteiger partial charge on any atom is -0.491 e. The van der Waals surface area contributed by atoms with Gasteiger partial charge in [0, 0.05) is 0 Å². The van der Waals surface area contributed by atoms with Gasteiger partial charge in [-0.05, 0) is 42.7 Å². The fourth-order valence-electron chi connectivity index (χ4n) is 5.12. The summed E-state index contributed by atoms with van der Waals surface area (Å²) in [5, 5.41) is 0. The summed E-state index contributed by atoms with van der Waals surface area (Å²) < 4.78 is 72.1. The number of para-hydroxylation sites is 1. The molecule has 0 bridgehead atoms. The Hall–Kier alpha value is -2.40. The average Bonchev–Trinajstić information content (AvgIpc) is 3.24. The van der Waals surface area contributed by atoms with E-state index < -0.39 is 0 Å². The first-order chi connectivity index (χ1) is 28.4. The van der Waals surface area contributed by atoms with Gasteiger partial charge in [0.2, 0.25) is 0 Å². The third kappa shape index (κ3) is 35.3. The molecule has 0 aromatic heterocycles. The molecule has 328 valence electrons. The summed E-state index contributed by atoms with van der Waals surface area (Å²) in [5.41, 5.74) is 1.38. The van der Waals surface area contributed by atoms with Crippen LogP contribution in [0.2, 0.25) is 0 Å². The van der Waals surface area contributed by atoms with Crippen molar-refractivity contribution in [2.75, 3.05) is 159 Å². The van der Waals surface area contributed by atoms with E-state index in [0.29, 0.717) is 159 Å². The molecule has 0 spiro atoms. The van der Waals surface area contributed by atoms with Crippen molar-refractivity contribution in [2.24, 2.45) is 0 Å².